The molecular formula is C25H30Cl2N4O2. The molecule has 1 heterocycles. The second-order valence-electron chi connectivity index (χ2n) is 7.98. The predicted molar refractivity (Wildman–Crippen MR) is 136 cm³/mol. The molecule has 0 aliphatic carbocycles. The second-order valence-corrected chi connectivity index (χ2v) is 8.80. The molecule has 3 rings (SSSR count). The highest BCUT2D eigenvalue weighted by molar-refractivity contribution is 6.42. The number of benzene rings is 2. The third-order valence-corrected chi connectivity index (χ3v) is 6.21. The third-order valence-electron chi connectivity index (χ3n) is 5.47. The number of unbranched alkanes of at least 4 members (excludes halogenated alkanes) is 1. The number of halogens is 2. The van der Waals surface area contributed by atoms with Gasteiger partial charge in [-0.25, -0.2) is 4.79 Å². The zero-order valence-corrected chi connectivity index (χ0v) is 20.1. The van der Waals surface area contributed by atoms with E-state index < -0.39 is 0 Å². The SMILES string of the molecule is O=C(/C=C/c1ccccc1)NCCCCN1CCCN(C(=O)Nc2ccc(Cl)c(Cl)c2)CC1. The summed E-state index contributed by atoms with van der Waals surface area (Å²) in [6.07, 6.45) is 6.23. The minimum Gasteiger partial charge on any atom is -0.353 e. The van der Waals surface area contributed by atoms with E-state index in [0.29, 0.717) is 35.4 Å². The molecule has 0 radical (unpaired) electrons. The van der Waals surface area contributed by atoms with E-state index in [1.54, 1.807) is 24.3 Å². The molecule has 2 aromatic carbocycles. The largest absolute Gasteiger partial charge is 0.353 e. The Balaban J connectivity index is 1.31. The van der Waals surface area contributed by atoms with Gasteiger partial charge in [-0.05, 0) is 62.2 Å². The van der Waals surface area contributed by atoms with E-state index in [2.05, 4.69) is 15.5 Å². The van der Waals surface area contributed by atoms with Crippen molar-refractivity contribution in [3.63, 3.8) is 0 Å². The first-order valence-electron chi connectivity index (χ1n) is 11.3. The molecule has 1 aliphatic rings. The Morgan fingerprint density at radius 1 is 0.939 bits per heavy atom. The average molecular weight is 489 g/mol. The molecule has 1 saturated heterocycles. The second kappa shape index (κ2) is 13.2. The molecule has 33 heavy (non-hydrogen) atoms. The van der Waals surface area contributed by atoms with Gasteiger partial charge in [0.25, 0.3) is 0 Å². The Bertz CT molecular complexity index is 953. The van der Waals surface area contributed by atoms with Crippen LogP contribution in [0.5, 0.6) is 0 Å². The van der Waals surface area contributed by atoms with Gasteiger partial charge in [-0.3, -0.25) is 4.79 Å². The zero-order chi connectivity index (χ0) is 23.5. The van der Waals surface area contributed by atoms with Gasteiger partial charge in [-0.1, -0.05) is 53.5 Å². The molecule has 2 aromatic rings. The van der Waals surface area contributed by atoms with Crippen LogP contribution in [0.3, 0.4) is 0 Å². The number of carbonyl (C=O) groups excluding carboxylic acids is 2. The topological polar surface area (TPSA) is 64.7 Å². The first-order valence-corrected chi connectivity index (χ1v) is 12.0. The first kappa shape index (κ1) is 25.1. The number of hydrogen-bond donors (Lipinski definition) is 2. The molecule has 1 aliphatic heterocycles. The minimum absolute atomic E-state index is 0.0720. The monoisotopic (exact) mass is 488 g/mol. The molecule has 1 fully saturated rings. The third kappa shape index (κ3) is 8.72. The van der Waals surface area contributed by atoms with E-state index in [1.807, 2.05) is 41.3 Å². The molecule has 8 heteroatoms. The van der Waals surface area contributed by atoms with Gasteiger partial charge >= 0.3 is 6.03 Å². The van der Waals surface area contributed by atoms with Gasteiger partial charge in [-0.15, -0.1) is 0 Å². The summed E-state index contributed by atoms with van der Waals surface area (Å²) >= 11 is 12.0. The van der Waals surface area contributed by atoms with Crippen LogP contribution in [0.1, 0.15) is 24.8 Å². The summed E-state index contributed by atoms with van der Waals surface area (Å²) in [4.78, 5) is 28.7. The maximum absolute atomic E-state index is 12.6. The van der Waals surface area contributed by atoms with E-state index in [-0.39, 0.29) is 11.9 Å². The van der Waals surface area contributed by atoms with Crippen molar-refractivity contribution >= 4 is 46.9 Å². The molecule has 3 amide bonds. The summed E-state index contributed by atoms with van der Waals surface area (Å²) in [5.74, 6) is -0.0720. The molecule has 176 valence electrons. The highest BCUT2D eigenvalue weighted by Gasteiger charge is 2.19. The quantitative estimate of drug-likeness (QED) is 0.399. The normalized spacial score (nSPS) is 14.8. The number of nitrogens with zero attached hydrogens (tertiary/aromatic N) is 2. The Kier molecular flexibility index (Phi) is 10.1. The summed E-state index contributed by atoms with van der Waals surface area (Å²) in [7, 11) is 0. The Morgan fingerprint density at radius 3 is 2.55 bits per heavy atom. The Morgan fingerprint density at radius 2 is 1.76 bits per heavy atom. The zero-order valence-electron chi connectivity index (χ0n) is 18.6. The van der Waals surface area contributed by atoms with E-state index in [1.165, 1.54) is 0 Å². The van der Waals surface area contributed by atoms with Gasteiger partial charge in [0.1, 0.15) is 0 Å². The number of nitrogens with one attached hydrogen (secondary N) is 2. The first-order chi connectivity index (χ1) is 16.0. The van der Waals surface area contributed by atoms with Crippen molar-refractivity contribution < 1.29 is 9.59 Å². The Hall–Kier alpha value is -2.54. The molecule has 0 saturated carbocycles. The van der Waals surface area contributed by atoms with Gasteiger partial charge in [0.15, 0.2) is 0 Å². The average Bonchev–Trinajstić information content (AvgIpc) is 3.06. The lowest BCUT2D eigenvalue weighted by atomic mass is 10.2. The van der Waals surface area contributed by atoms with Crippen molar-refractivity contribution in [3.8, 4) is 0 Å². The number of amides is 3. The highest BCUT2D eigenvalue weighted by Crippen LogP contribution is 2.25. The molecule has 6 nitrogen and oxygen atoms in total. The summed E-state index contributed by atoms with van der Waals surface area (Å²) in [6, 6.07) is 14.7. The summed E-state index contributed by atoms with van der Waals surface area (Å²) in [6.45, 7) is 4.80. The fourth-order valence-electron chi connectivity index (χ4n) is 3.64. The number of urea groups is 1. The highest BCUT2D eigenvalue weighted by atomic mass is 35.5. The van der Waals surface area contributed by atoms with Crippen LogP contribution in [0.15, 0.2) is 54.6 Å². The minimum atomic E-state index is -0.124. The Labute approximate surface area is 205 Å². The van der Waals surface area contributed by atoms with Gasteiger partial charge in [0.2, 0.25) is 5.91 Å². The molecule has 0 unspecified atom stereocenters. The van der Waals surface area contributed by atoms with E-state index in [4.69, 9.17) is 23.2 Å². The fraction of sp³-hybridized carbons (Fsp3) is 0.360. The van der Waals surface area contributed by atoms with Crippen molar-refractivity contribution in [2.75, 3.05) is 44.6 Å². The van der Waals surface area contributed by atoms with Gasteiger partial charge in [-0.2, -0.15) is 0 Å². The van der Waals surface area contributed by atoms with Crippen LogP contribution < -0.4 is 10.6 Å². The van der Waals surface area contributed by atoms with Crippen molar-refractivity contribution in [1.29, 1.82) is 0 Å². The number of carbonyl (C=O) groups is 2. The van der Waals surface area contributed by atoms with Crippen LogP contribution in [0, 0.1) is 0 Å². The lowest BCUT2D eigenvalue weighted by Gasteiger charge is -2.22. The van der Waals surface area contributed by atoms with Crippen molar-refractivity contribution in [2.24, 2.45) is 0 Å². The van der Waals surface area contributed by atoms with Crippen LogP contribution >= 0.6 is 23.2 Å². The molecule has 0 atom stereocenters. The van der Waals surface area contributed by atoms with Gasteiger partial charge in [0, 0.05) is 37.9 Å². The number of anilines is 1. The molecule has 0 spiro atoms. The number of rotatable bonds is 8. The summed E-state index contributed by atoms with van der Waals surface area (Å²) < 4.78 is 0. The summed E-state index contributed by atoms with van der Waals surface area (Å²) in [5, 5.41) is 6.70. The van der Waals surface area contributed by atoms with Crippen molar-refractivity contribution in [3.05, 3.63) is 70.2 Å². The maximum atomic E-state index is 12.6. The van der Waals surface area contributed by atoms with Crippen LogP contribution in [0.4, 0.5) is 10.5 Å². The lowest BCUT2D eigenvalue weighted by molar-refractivity contribution is -0.116. The molecular weight excluding hydrogens is 459 g/mol. The predicted octanol–water partition coefficient (Wildman–Crippen LogP) is 5.14. The molecule has 0 bridgehead atoms. The van der Waals surface area contributed by atoms with Gasteiger partial charge < -0.3 is 20.4 Å². The van der Waals surface area contributed by atoms with E-state index >= 15 is 0 Å². The van der Waals surface area contributed by atoms with E-state index in [9.17, 15) is 9.59 Å². The molecule has 0 aromatic heterocycles. The van der Waals surface area contributed by atoms with Crippen LogP contribution in [-0.4, -0.2) is 61.0 Å². The van der Waals surface area contributed by atoms with Gasteiger partial charge in [0.05, 0.1) is 10.0 Å². The standard InChI is InChI=1S/C25H30Cl2N4O2/c26-22-11-10-21(19-23(22)27)29-25(33)31-16-6-15-30(17-18-31)14-5-4-13-28-24(32)12-9-20-7-2-1-3-8-20/h1-3,7-12,19H,4-6,13-18H2,(H,28,32)(H,29,33)/b12-9+. The van der Waals surface area contributed by atoms with Crippen LogP contribution in [0.2, 0.25) is 10.0 Å². The molecule has 2 N–H and O–H groups in total. The van der Waals surface area contributed by atoms with E-state index in [0.717, 1.165) is 44.5 Å². The smallest absolute Gasteiger partial charge is 0.321 e. The number of hydrogen-bond acceptors (Lipinski definition) is 3. The van der Waals surface area contributed by atoms with Crippen LogP contribution in [0.25, 0.3) is 6.08 Å². The van der Waals surface area contributed by atoms with Crippen LogP contribution in [-0.2, 0) is 4.79 Å². The fourth-order valence-corrected chi connectivity index (χ4v) is 3.94. The summed E-state index contributed by atoms with van der Waals surface area (Å²) in [5.41, 5.74) is 1.64. The van der Waals surface area contributed by atoms with Crippen molar-refractivity contribution in [1.82, 2.24) is 15.1 Å². The lowest BCUT2D eigenvalue weighted by Crippen LogP contribution is -2.38. The van der Waals surface area contributed by atoms with Crippen molar-refractivity contribution in [2.45, 2.75) is 19.3 Å². The maximum Gasteiger partial charge on any atom is 0.321 e.